The molecule has 1 aromatic carbocycles. The van der Waals surface area contributed by atoms with Gasteiger partial charge in [0, 0.05) is 12.6 Å². The second kappa shape index (κ2) is 6.19. The van der Waals surface area contributed by atoms with Gasteiger partial charge in [0.05, 0.1) is 30.3 Å². The molecular weight excluding hydrogens is 260 g/mol. The molecule has 1 saturated heterocycles. The van der Waals surface area contributed by atoms with E-state index in [0.717, 1.165) is 6.42 Å². The molecule has 6 heteroatoms. The monoisotopic (exact) mass is 280 g/mol. The first kappa shape index (κ1) is 14.7. The van der Waals surface area contributed by atoms with Crippen LogP contribution in [-0.2, 0) is 4.74 Å². The van der Waals surface area contributed by atoms with Crippen molar-refractivity contribution in [2.24, 2.45) is 0 Å². The van der Waals surface area contributed by atoms with Gasteiger partial charge in [-0.05, 0) is 25.0 Å². The molecule has 1 aromatic rings. The van der Waals surface area contributed by atoms with Gasteiger partial charge < -0.3 is 14.7 Å². The highest BCUT2D eigenvalue weighted by atomic mass is 16.6. The Hall–Kier alpha value is -1.66. The number of morpholine rings is 1. The average molecular weight is 280 g/mol. The van der Waals surface area contributed by atoms with Crippen molar-refractivity contribution in [2.45, 2.75) is 32.4 Å². The van der Waals surface area contributed by atoms with Crippen LogP contribution < -0.4 is 4.90 Å². The Balaban J connectivity index is 2.41. The highest BCUT2D eigenvalue weighted by molar-refractivity contribution is 5.65. The number of rotatable bonds is 4. The Morgan fingerprint density at radius 1 is 1.60 bits per heavy atom. The summed E-state index contributed by atoms with van der Waals surface area (Å²) >= 11 is 0. The highest BCUT2D eigenvalue weighted by Crippen LogP contribution is 2.33. The zero-order chi connectivity index (χ0) is 14.7. The Morgan fingerprint density at radius 3 is 2.95 bits per heavy atom. The molecule has 1 aliphatic rings. The van der Waals surface area contributed by atoms with Crippen LogP contribution in [0.1, 0.15) is 31.9 Å². The van der Waals surface area contributed by atoms with Gasteiger partial charge in [0.2, 0.25) is 0 Å². The van der Waals surface area contributed by atoms with Gasteiger partial charge in [-0.25, -0.2) is 0 Å². The molecule has 6 nitrogen and oxygen atoms in total. The third-order valence-electron chi connectivity index (χ3n) is 3.69. The van der Waals surface area contributed by atoms with Crippen LogP contribution in [0.5, 0.6) is 0 Å². The number of aliphatic hydroxyl groups excluding tert-OH is 1. The predicted molar refractivity (Wildman–Crippen MR) is 76.0 cm³/mol. The van der Waals surface area contributed by atoms with Crippen molar-refractivity contribution in [3.63, 3.8) is 0 Å². The van der Waals surface area contributed by atoms with Gasteiger partial charge in [-0.1, -0.05) is 13.0 Å². The molecule has 0 aliphatic carbocycles. The van der Waals surface area contributed by atoms with Crippen molar-refractivity contribution in [1.29, 1.82) is 0 Å². The number of nitro groups is 1. The first-order valence-corrected chi connectivity index (χ1v) is 6.85. The van der Waals surface area contributed by atoms with E-state index in [1.165, 1.54) is 6.07 Å². The maximum absolute atomic E-state index is 11.3. The molecule has 0 aromatic heterocycles. The van der Waals surface area contributed by atoms with E-state index in [1.54, 1.807) is 19.1 Å². The standard InChI is InChI=1S/C14H20N2O4/c1-3-12-9-20-7-6-15(12)13-5-4-11(10(2)17)8-14(13)16(18)19/h4-5,8,10,12,17H,3,6-7,9H2,1-2H3/t10-,12?/m0/s1. The van der Waals surface area contributed by atoms with E-state index in [4.69, 9.17) is 4.74 Å². The molecule has 0 spiro atoms. The minimum atomic E-state index is -0.714. The van der Waals surface area contributed by atoms with E-state index in [1.807, 2.05) is 11.8 Å². The fourth-order valence-electron chi connectivity index (χ4n) is 2.50. The molecule has 1 aliphatic heterocycles. The lowest BCUT2D eigenvalue weighted by molar-refractivity contribution is -0.384. The molecule has 1 heterocycles. The number of hydrogen-bond acceptors (Lipinski definition) is 5. The predicted octanol–water partition coefficient (Wildman–Crippen LogP) is 2.26. The van der Waals surface area contributed by atoms with E-state index in [2.05, 4.69) is 0 Å². The Labute approximate surface area is 118 Å². The highest BCUT2D eigenvalue weighted by Gasteiger charge is 2.28. The largest absolute Gasteiger partial charge is 0.389 e. The van der Waals surface area contributed by atoms with Gasteiger partial charge in [-0.3, -0.25) is 10.1 Å². The molecule has 1 unspecified atom stereocenters. The molecule has 0 amide bonds. The Morgan fingerprint density at radius 2 is 2.35 bits per heavy atom. The number of nitrogens with zero attached hydrogens (tertiary/aromatic N) is 2. The number of aliphatic hydroxyl groups is 1. The van der Waals surface area contributed by atoms with Crippen LogP contribution in [0.3, 0.4) is 0 Å². The SMILES string of the molecule is CCC1COCCN1c1ccc([C@H](C)O)cc1[N+](=O)[O-]. The van der Waals surface area contributed by atoms with E-state index < -0.39 is 6.10 Å². The van der Waals surface area contributed by atoms with Crippen molar-refractivity contribution in [2.75, 3.05) is 24.7 Å². The van der Waals surface area contributed by atoms with Gasteiger partial charge in [-0.15, -0.1) is 0 Å². The molecule has 0 saturated carbocycles. The van der Waals surface area contributed by atoms with E-state index in [0.29, 0.717) is 31.0 Å². The molecule has 1 N–H and O–H groups in total. The molecular formula is C14H20N2O4. The molecule has 2 rings (SSSR count). The normalized spacial score (nSPS) is 20.8. The second-order valence-corrected chi connectivity index (χ2v) is 5.01. The summed E-state index contributed by atoms with van der Waals surface area (Å²) in [5.74, 6) is 0. The molecule has 1 fully saturated rings. The quantitative estimate of drug-likeness (QED) is 0.676. The van der Waals surface area contributed by atoms with Gasteiger partial charge >= 0.3 is 0 Å². The lowest BCUT2D eigenvalue weighted by atomic mass is 10.1. The molecule has 20 heavy (non-hydrogen) atoms. The minimum Gasteiger partial charge on any atom is -0.389 e. The third-order valence-corrected chi connectivity index (χ3v) is 3.69. The smallest absolute Gasteiger partial charge is 0.292 e. The number of hydrogen-bond donors (Lipinski definition) is 1. The summed E-state index contributed by atoms with van der Waals surface area (Å²) in [7, 11) is 0. The lowest BCUT2D eigenvalue weighted by Crippen LogP contribution is -2.45. The summed E-state index contributed by atoms with van der Waals surface area (Å²) in [4.78, 5) is 12.9. The van der Waals surface area contributed by atoms with Crippen molar-refractivity contribution < 1.29 is 14.8 Å². The van der Waals surface area contributed by atoms with Gasteiger partial charge in [0.1, 0.15) is 5.69 Å². The number of anilines is 1. The zero-order valence-electron chi connectivity index (χ0n) is 11.8. The Kier molecular flexibility index (Phi) is 4.57. The number of ether oxygens (including phenoxy) is 1. The van der Waals surface area contributed by atoms with Gasteiger partial charge in [0.15, 0.2) is 0 Å². The summed E-state index contributed by atoms with van der Waals surface area (Å²) in [6.45, 7) is 5.45. The fourth-order valence-corrected chi connectivity index (χ4v) is 2.50. The molecule has 110 valence electrons. The van der Waals surface area contributed by atoms with Crippen molar-refractivity contribution in [1.82, 2.24) is 0 Å². The van der Waals surface area contributed by atoms with Gasteiger partial charge in [-0.2, -0.15) is 0 Å². The van der Waals surface area contributed by atoms with E-state index in [9.17, 15) is 15.2 Å². The zero-order valence-corrected chi connectivity index (χ0v) is 11.8. The van der Waals surface area contributed by atoms with Crippen LogP contribution in [-0.4, -0.2) is 35.8 Å². The topological polar surface area (TPSA) is 75.8 Å². The van der Waals surface area contributed by atoms with Crippen molar-refractivity contribution in [3.8, 4) is 0 Å². The maximum Gasteiger partial charge on any atom is 0.292 e. The summed E-state index contributed by atoms with van der Waals surface area (Å²) in [6.07, 6.45) is 0.157. The summed E-state index contributed by atoms with van der Waals surface area (Å²) in [6, 6.07) is 5.09. The van der Waals surface area contributed by atoms with Crippen LogP contribution in [0, 0.1) is 10.1 Å². The Bertz CT molecular complexity index is 490. The fraction of sp³-hybridized carbons (Fsp3) is 0.571. The van der Waals surface area contributed by atoms with E-state index >= 15 is 0 Å². The molecule has 0 radical (unpaired) electrons. The minimum absolute atomic E-state index is 0.0451. The number of benzene rings is 1. The van der Waals surface area contributed by atoms with Gasteiger partial charge in [0.25, 0.3) is 5.69 Å². The number of nitro benzene ring substituents is 1. The summed E-state index contributed by atoms with van der Waals surface area (Å²) in [5, 5.41) is 20.9. The average Bonchev–Trinajstić information content (AvgIpc) is 2.46. The van der Waals surface area contributed by atoms with Crippen molar-refractivity contribution in [3.05, 3.63) is 33.9 Å². The van der Waals surface area contributed by atoms with Crippen LogP contribution in [0.2, 0.25) is 0 Å². The molecule has 0 bridgehead atoms. The molecule has 2 atom stereocenters. The maximum atomic E-state index is 11.3. The second-order valence-electron chi connectivity index (χ2n) is 5.01. The first-order valence-electron chi connectivity index (χ1n) is 6.85. The van der Waals surface area contributed by atoms with Crippen LogP contribution in [0.4, 0.5) is 11.4 Å². The van der Waals surface area contributed by atoms with Crippen LogP contribution >= 0.6 is 0 Å². The summed E-state index contributed by atoms with van der Waals surface area (Å²) < 4.78 is 5.44. The third kappa shape index (κ3) is 2.91. The lowest BCUT2D eigenvalue weighted by Gasteiger charge is -2.36. The first-order chi connectivity index (χ1) is 9.54. The summed E-state index contributed by atoms with van der Waals surface area (Å²) in [5.41, 5.74) is 1.21. The van der Waals surface area contributed by atoms with Crippen LogP contribution in [0.15, 0.2) is 18.2 Å². The van der Waals surface area contributed by atoms with Crippen LogP contribution in [0.25, 0.3) is 0 Å². The van der Waals surface area contributed by atoms with Crippen molar-refractivity contribution >= 4 is 11.4 Å². The van der Waals surface area contributed by atoms with E-state index in [-0.39, 0.29) is 16.7 Å².